The number of aromatic nitrogens is 2. The summed E-state index contributed by atoms with van der Waals surface area (Å²) in [5.41, 5.74) is 1.94. The van der Waals surface area contributed by atoms with Crippen LogP contribution < -0.4 is 5.69 Å². The number of ether oxygens (including phenoxy) is 1. The molecule has 26 heavy (non-hydrogen) atoms. The topological polar surface area (TPSA) is 87.6 Å². The molecule has 0 saturated carbocycles. The first kappa shape index (κ1) is 18.5. The number of aliphatic hydroxyl groups excluding tert-OH is 1. The second-order valence-electron chi connectivity index (χ2n) is 7.78. The van der Waals surface area contributed by atoms with Crippen molar-refractivity contribution in [1.82, 2.24) is 14.5 Å². The predicted octanol–water partition coefficient (Wildman–Crippen LogP) is 2.44. The Morgan fingerprint density at radius 3 is 2.62 bits per heavy atom. The van der Waals surface area contributed by atoms with Crippen molar-refractivity contribution >= 4 is 17.1 Å². The molecule has 0 spiro atoms. The number of rotatable bonds is 3. The minimum atomic E-state index is -0.509. The number of aliphatic hydroxyl groups is 1. The van der Waals surface area contributed by atoms with Crippen LogP contribution >= 0.6 is 0 Å². The van der Waals surface area contributed by atoms with Crippen molar-refractivity contribution in [3.05, 3.63) is 34.2 Å². The van der Waals surface area contributed by atoms with Gasteiger partial charge in [-0.3, -0.25) is 4.57 Å². The van der Waals surface area contributed by atoms with Crippen LogP contribution in [0.3, 0.4) is 0 Å². The van der Waals surface area contributed by atoms with Gasteiger partial charge in [0.15, 0.2) is 0 Å². The van der Waals surface area contributed by atoms with Crippen LogP contribution in [0.2, 0.25) is 0 Å². The van der Waals surface area contributed by atoms with Gasteiger partial charge in [0, 0.05) is 25.7 Å². The molecule has 1 aliphatic heterocycles. The summed E-state index contributed by atoms with van der Waals surface area (Å²) >= 11 is 0. The molecule has 1 aliphatic rings. The molecular weight excluding hydrogens is 334 g/mol. The minimum absolute atomic E-state index is 0.0410. The Balaban J connectivity index is 1.78. The number of nitrogens with one attached hydrogen (secondary N) is 1. The average Bonchev–Trinajstić information content (AvgIpc) is 2.91. The number of H-pyrrole nitrogens is 1. The number of para-hydroxylation sites is 1. The van der Waals surface area contributed by atoms with E-state index in [1.165, 1.54) is 0 Å². The summed E-state index contributed by atoms with van der Waals surface area (Å²) < 4.78 is 7.22. The van der Waals surface area contributed by atoms with Crippen molar-refractivity contribution in [3.63, 3.8) is 0 Å². The van der Waals surface area contributed by atoms with Gasteiger partial charge in [-0.05, 0) is 51.7 Å². The molecule has 0 unspecified atom stereocenters. The Kier molecular flexibility index (Phi) is 5.09. The number of amides is 1. The number of piperidine rings is 1. The molecule has 2 heterocycles. The van der Waals surface area contributed by atoms with E-state index in [9.17, 15) is 14.7 Å². The highest BCUT2D eigenvalue weighted by atomic mass is 16.6. The standard InChI is InChI=1S/C19H27N3O4/c1-19(2,3)26-18(25)21-10-7-14(8-11-21)22-15-6-4-5-13(9-12-23)16(15)20-17(22)24/h4-6,14,23H,7-12H2,1-3H3,(H,20,24). The molecule has 0 bridgehead atoms. The largest absolute Gasteiger partial charge is 0.444 e. The van der Waals surface area contributed by atoms with Crippen LogP contribution in [0.1, 0.15) is 45.2 Å². The fourth-order valence-corrected chi connectivity index (χ4v) is 3.53. The number of aromatic amines is 1. The van der Waals surface area contributed by atoms with Crippen molar-refractivity contribution in [2.75, 3.05) is 19.7 Å². The number of benzene rings is 1. The van der Waals surface area contributed by atoms with Crippen LogP contribution in [0.15, 0.2) is 23.0 Å². The van der Waals surface area contributed by atoms with Crippen molar-refractivity contribution in [3.8, 4) is 0 Å². The maximum Gasteiger partial charge on any atom is 0.410 e. The van der Waals surface area contributed by atoms with Gasteiger partial charge in [0.2, 0.25) is 0 Å². The number of likely N-dealkylation sites (tertiary alicyclic amines) is 1. The van der Waals surface area contributed by atoms with Crippen molar-refractivity contribution < 1.29 is 14.6 Å². The molecule has 3 rings (SSSR count). The average molecular weight is 361 g/mol. The molecule has 7 nitrogen and oxygen atoms in total. The zero-order valence-corrected chi connectivity index (χ0v) is 15.6. The summed E-state index contributed by atoms with van der Waals surface area (Å²) in [6.07, 6.45) is 1.62. The molecule has 1 aromatic heterocycles. The third-order valence-electron chi connectivity index (χ3n) is 4.70. The number of carbonyl (C=O) groups excluding carboxylic acids is 1. The van der Waals surface area contributed by atoms with Crippen LogP contribution in [-0.4, -0.2) is 50.9 Å². The van der Waals surface area contributed by atoms with Gasteiger partial charge in [-0.1, -0.05) is 12.1 Å². The summed E-state index contributed by atoms with van der Waals surface area (Å²) in [6, 6.07) is 5.80. The van der Waals surface area contributed by atoms with E-state index in [-0.39, 0.29) is 24.4 Å². The van der Waals surface area contributed by atoms with E-state index in [4.69, 9.17) is 4.74 Å². The van der Waals surface area contributed by atoms with E-state index in [1.54, 1.807) is 9.47 Å². The summed E-state index contributed by atoms with van der Waals surface area (Å²) in [5, 5.41) is 9.22. The number of hydrogen-bond donors (Lipinski definition) is 2. The lowest BCUT2D eigenvalue weighted by atomic mass is 10.0. The van der Waals surface area contributed by atoms with Gasteiger partial charge in [0.25, 0.3) is 0 Å². The molecule has 142 valence electrons. The molecule has 1 fully saturated rings. The lowest BCUT2D eigenvalue weighted by molar-refractivity contribution is 0.0189. The first-order valence-corrected chi connectivity index (χ1v) is 9.11. The normalized spacial score (nSPS) is 16.2. The second-order valence-corrected chi connectivity index (χ2v) is 7.78. The summed E-state index contributed by atoms with van der Waals surface area (Å²) in [5.74, 6) is 0. The first-order chi connectivity index (χ1) is 12.3. The van der Waals surface area contributed by atoms with Crippen LogP contribution in [0.5, 0.6) is 0 Å². The second kappa shape index (κ2) is 7.15. The van der Waals surface area contributed by atoms with Crippen LogP contribution in [-0.2, 0) is 11.2 Å². The highest BCUT2D eigenvalue weighted by Crippen LogP contribution is 2.27. The fraction of sp³-hybridized carbons (Fsp3) is 0.579. The third kappa shape index (κ3) is 3.77. The van der Waals surface area contributed by atoms with Crippen LogP contribution in [0.4, 0.5) is 4.79 Å². The molecule has 7 heteroatoms. The number of carbonyl (C=O) groups is 1. The van der Waals surface area contributed by atoms with Gasteiger partial charge in [-0.25, -0.2) is 9.59 Å². The van der Waals surface area contributed by atoms with Gasteiger partial charge < -0.3 is 19.7 Å². The van der Waals surface area contributed by atoms with E-state index >= 15 is 0 Å². The maximum absolute atomic E-state index is 12.5. The third-order valence-corrected chi connectivity index (χ3v) is 4.70. The van der Waals surface area contributed by atoms with Crippen LogP contribution in [0, 0.1) is 0 Å². The smallest absolute Gasteiger partial charge is 0.410 e. The molecule has 2 N–H and O–H groups in total. The SMILES string of the molecule is CC(C)(C)OC(=O)N1CCC(n2c(=O)[nH]c3c(CCO)cccc32)CC1. The highest BCUT2D eigenvalue weighted by Gasteiger charge is 2.29. The highest BCUT2D eigenvalue weighted by molar-refractivity contribution is 5.79. The Bertz CT molecular complexity index is 839. The predicted molar refractivity (Wildman–Crippen MR) is 99.4 cm³/mol. The maximum atomic E-state index is 12.5. The molecule has 0 radical (unpaired) electrons. The van der Waals surface area contributed by atoms with Gasteiger partial charge in [0.05, 0.1) is 11.0 Å². The number of hydrogen-bond acceptors (Lipinski definition) is 4. The van der Waals surface area contributed by atoms with E-state index in [2.05, 4.69) is 4.98 Å². The van der Waals surface area contributed by atoms with Crippen molar-refractivity contribution in [1.29, 1.82) is 0 Å². The minimum Gasteiger partial charge on any atom is -0.444 e. The fourth-order valence-electron chi connectivity index (χ4n) is 3.53. The van der Waals surface area contributed by atoms with Gasteiger partial charge in [-0.15, -0.1) is 0 Å². The van der Waals surface area contributed by atoms with E-state index in [0.29, 0.717) is 32.4 Å². The van der Waals surface area contributed by atoms with Gasteiger partial charge in [0.1, 0.15) is 5.60 Å². The Hall–Kier alpha value is -2.28. The first-order valence-electron chi connectivity index (χ1n) is 9.11. The Morgan fingerprint density at radius 1 is 1.31 bits per heavy atom. The summed E-state index contributed by atoms with van der Waals surface area (Å²) in [6.45, 7) is 6.73. The van der Waals surface area contributed by atoms with E-state index in [1.807, 2.05) is 39.0 Å². The molecule has 0 atom stereocenters. The summed E-state index contributed by atoms with van der Waals surface area (Å²) in [4.78, 5) is 29.4. The molecule has 0 aliphatic carbocycles. The zero-order valence-electron chi connectivity index (χ0n) is 15.6. The number of fused-ring (bicyclic) bond motifs is 1. The Labute approximate surface area is 152 Å². The van der Waals surface area contributed by atoms with E-state index in [0.717, 1.165) is 16.6 Å². The molecule has 1 aromatic carbocycles. The quantitative estimate of drug-likeness (QED) is 0.879. The summed E-state index contributed by atoms with van der Waals surface area (Å²) in [7, 11) is 0. The lowest BCUT2D eigenvalue weighted by Gasteiger charge is -2.33. The monoisotopic (exact) mass is 361 g/mol. The number of nitrogens with zero attached hydrogens (tertiary/aromatic N) is 2. The van der Waals surface area contributed by atoms with Gasteiger partial charge in [-0.2, -0.15) is 0 Å². The van der Waals surface area contributed by atoms with Crippen molar-refractivity contribution in [2.24, 2.45) is 0 Å². The van der Waals surface area contributed by atoms with Crippen LogP contribution in [0.25, 0.3) is 11.0 Å². The van der Waals surface area contributed by atoms with Gasteiger partial charge >= 0.3 is 11.8 Å². The van der Waals surface area contributed by atoms with Crippen molar-refractivity contribution in [2.45, 2.75) is 51.7 Å². The zero-order chi connectivity index (χ0) is 18.9. The molecule has 1 saturated heterocycles. The van der Waals surface area contributed by atoms with E-state index < -0.39 is 5.60 Å². The Morgan fingerprint density at radius 2 is 2.00 bits per heavy atom. The molecular formula is C19H27N3O4. The molecule has 2 aromatic rings. The lowest BCUT2D eigenvalue weighted by Crippen LogP contribution is -2.43. The molecule has 1 amide bonds. The number of imidazole rings is 1.